The standard InChI is InChI=1S/C24H29N3O3/c1-17(2)22(26-21(28)16-18-8-4-3-5-9-18)23(29)25-20-12-10-19(11-13-20)24(30)27-14-6-7-15-27/h3-5,8-13,17,22H,6-7,14-16H2,1-2H3,(H,25,29)(H,26,28). The molecule has 30 heavy (non-hydrogen) atoms. The van der Waals surface area contributed by atoms with Crippen molar-refractivity contribution in [3.05, 3.63) is 65.7 Å². The van der Waals surface area contributed by atoms with Crippen LogP contribution in [0.4, 0.5) is 5.69 Å². The zero-order chi connectivity index (χ0) is 21.5. The van der Waals surface area contributed by atoms with Crippen molar-refractivity contribution in [1.82, 2.24) is 10.2 Å². The van der Waals surface area contributed by atoms with E-state index >= 15 is 0 Å². The minimum absolute atomic E-state index is 0.0265. The second-order valence-electron chi connectivity index (χ2n) is 8.02. The molecule has 0 saturated carbocycles. The van der Waals surface area contributed by atoms with Crippen LogP contribution < -0.4 is 10.6 Å². The molecule has 158 valence electrons. The van der Waals surface area contributed by atoms with Gasteiger partial charge in [-0.25, -0.2) is 0 Å². The van der Waals surface area contributed by atoms with Crippen molar-refractivity contribution < 1.29 is 14.4 Å². The lowest BCUT2D eigenvalue weighted by atomic mass is 10.0. The quantitative estimate of drug-likeness (QED) is 0.740. The van der Waals surface area contributed by atoms with Gasteiger partial charge < -0.3 is 15.5 Å². The van der Waals surface area contributed by atoms with Crippen molar-refractivity contribution in [2.45, 2.75) is 39.2 Å². The molecule has 1 aliphatic rings. The first-order chi connectivity index (χ1) is 14.4. The molecule has 3 amide bonds. The number of likely N-dealkylation sites (tertiary alicyclic amines) is 1. The van der Waals surface area contributed by atoms with Gasteiger partial charge in [-0.1, -0.05) is 44.2 Å². The number of carbonyl (C=O) groups is 3. The minimum atomic E-state index is -0.646. The number of benzene rings is 2. The van der Waals surface area contributed by atoms with Crippen LogP contribution in [-0.4, -0.2) is 41.8 Å². The summed E-state index contributed by atoms with van der Waals surface area (Å²) in [5.74, 6) is -0.508. The fourth-order valence-electron chi connectivity index (χ4n) is 3.56. The lowest BCUT2D eigenvalue weighted by Crippen LogP contribution is -2.47. The summed E-state index contributed by atoms with van der Waals surface area (Å²) >= 11 is 0. The molecule has 0 aromatic heterocycles. The second kappa shape index (κ2) is 10.1. The summed E-state index contributed by atoms with van der Waals surface area (Å²) in [5, 5.41) is 5.69. The molecule has 6 heteroatoms. The van der Waals surface area contributed by atoms with E-state index in [1.165, 1.54) is 0 Å². The van der Waals surface area contributed by atoms with Crippen LogP contribution in [0, 0.1) is 5.92 Å². The largest absolute Gasteiger partial charge is 0.344 e. The summed E-state index contributed by atoms with van der Waals surface area (Å²) in [4.78, 5) is 39.5. The van der Waals surface area contributed by atoms with E-state index in [-0.39, 0.29) is 30.1 Å². The second-order valence-corrected chi connectivity index (χ2v) is 8.02. The van der Waals surface area contributed by atoms with E-state index < -0.39 is 6.04 Å². The van der Waals surface area contributed by atoms with Gasteiger partial charge in [-0.3, -0.25) is 14.4 Å². The number of hydrogen-bond acceptors (Lipinski definition) is 3. The van der Waals surface area contributed by atoms with E-state index in [9.17, 15) is 14.4 Å². The Labute approximate surface area is 177 Å². The monoisotopic (exact) mass is 407 g/mol. The van der Waals surface area contributed by atoms with Crippen molar-refractivity contribution >= 4 is 23.4 Å². The Balaban J connectivity index is 1.59. The van der Waals surface area contributed by atoms with Crippen LogP contribution in [0.15, 0.2) is 54.6 Å². The minimum Gasteiger partial charge on any atom is -0.344 e. The van der Waals surface area contributed by atoms with Gasteiger partial charge >= 0.3 is 0 Å². The van der Waals surface area contributed by atoms with Crippen LogP contribution in [0.1, 0.15) is 42.6 Å². The molecule has 3 rings (SSSR count). The Morgan fingerprint density at radius 1 is 0.933 bits per heavy atom. The number of carbonyl (C=O) groups excluding carboxylic acids is 3. The molecule has 1 fully saturated rings. The zero-order valence-electron chi connectivity index (χ0n) is 17.6. The van der Waals surface area contributed by atoms with Gasteiger partial charge in [-0.05, 0) is 48.6 Å². The molecule has 2 aromatic carbocycles. The van der Waals surface area contributed by atoms with Crippen molar-refractivity contribution in [2.75, 3.05) is 18.4 Å². The number of hydrogen-bond donors (Lipinski definition) is 2. The van der Waals surface area contributed by atoms with Crippen LogP contribution in [0.5, 0.6) is 0 Å². The maximum absolute atomic E-state index is 12.8. The van der Waals surface area contributed by atoms with Gasteiger partial charge in [0.2, 0.25) is 11.8 Å². The first-order valence-electron chi connectivity index (χ1n) is 10.5. The van der Waals surface area contributed by atoms with Gasteiger partial charge in [0.25, 0.3) is 5.91 Å². The Bertz CT molecular complexity index is 872. The van der Waals surface area contributed by atoms with E-state index in [0.29, 0.717) is 11.3 Å². The maximum Gasteiger partial charge on any atom is 0.253 e. The van der Waals surface area contributed by atoms with Gasteiger partial charge in [-0.2, -0.15) is 0 Å². The highest BCUT2D eigenvalue weighted by Gasteiger charge is 2.24. The van der Waals surface area contributed by atoms with Crippen molar-refractivity contribution in [2.24, 2.45) is 5.92 Å². The molecule has 1 heterocycles. The van der Waals surface area contributed by atoms with Crippen LogP contribution in [0.25, 0.3) is 0 Å². The van der Waals surface area contributed by atoms with Crippen LogP contribution in [0.2, 0.25) is 0 Å². The van der Waals surface area contributed by atoms with E-state index in [1.807, 2.05) is 49.1 Å². The Hall–Kier alpha value is -3.15. The molecule has 2 N–H and O–H groups in total. The fraction of sp³-hybridized carbons (Fsp3) is 0.375. The third kappa shape index (κ3) is 5.69. The Morgan fingerprint density at radius 2 is 1.57 bits per heavy atom. The molecule has 1 aliphatic heterocycles. The predicted molar refractivity (Wildman–Crippen MR) is 117 cm³/mol. The highest BCUT2D eigenvalue weighted by Crippen LogP contribution is 2.16. The molecule has 1 unspecified atom stereocenters. The molecule has 0 bridgehead atoms. The Morgan fingerprint density at radius 3 is 2.17 bits per heavy atom. The average molecular weight is 408 g/mol. The lowest BCUT2D eigenvalue weighted by Gasteiger charge is -2.22. The normalized spacial score (nSPS) is 14.4. The summed E-state index contributed by atoms with van der Waals surface area (Å²) < 4.78 is 0. The lowest BCUT2D eigenvalue weighted by molar-refractivity contribution is -0.127. The number of anilines is 1. The van der Waals surface area contributed by atoms with Gasteiger partial charge in [-0.15, -0.1) is 0 Å². The van der Waals surface area contributed by atoms with Crippen molar-refractivity contribution in [3.63, 3.8) is 0 Å². The number of amides is 3. The first-order valence-corrected chi connectivity index (χ1v) is 10.5. The molecule has 0 radical (unpaired) electrons. The van der Waals surface area contributed by atoms with Gasteiger partial charge in [0.05, 0.1) is 6.42 Å². The molecule has 6 nitrogen and oxygen atoms in total. The van der Waals surface area contributed by atoms with Gasteiger partial charge in [0.1, 0.15) is 6.04 Å². The smallest absolute Gasteiger partial charge is 0.253 e. The van der Waals surface area contributed by atoms with E-state index in [1.54, 1.807) is 24.3 Å². The topological polar surface area (TPSA) is 78.5 Å². The summed E-state index contributed by atoms with van der Waals surface area (Å²) in [7, 11) is 0. The highest BCUT2D eigenvalue weighted by atomic mass is 16.2. The van der Waals surface area contributed by atoms with E-state index in [0.717, 1.165) is 31.5 Å². The number of rotatable bonds is 7. The number of nitrogens with zero attached hydrogens (tertiary/aromatic N) is 1. The van der Waals surface area contributed by atoms with Crippen molar-refractivity contribution in [1.29, 1.82) is 0 Å². The fourth-order valence-corrected chi connectivity index (χ4v) is 3.56. The predicted octanol–water partition coefficient (Wildman–Crippen LogP) is 3.24. The SMILES string of the molecule is CC(C)C(NC(=O)Cc1ccccc1)C(=O)Nc1ccc(C(=O)N2CCCC2)cc1. The van der Waals surface area contributed by atoms with Crippen LogP contribution >= 0.6 is 0 Å². The maximum atomic E-state index is 12.8. The van der Waals surface area contributed by atoms with Gasteiger partial charge in [0.15, 0.2) is 0 Å². The summed E-state index contributed by atoms with van der Waals surface area (Å²) in [6.45, 7) is 5.39. The molecule has 1 saturated heterocycles. The third-order valence-corrected chi connectivity index (χ3v) is 5.27. The molecule has 0 spiro atoms. The van der Waals surface area contributed by atoms with Crippen LogP contribution in [0.3, 0.4) is 0 Å². The molecule has 2 aromatic rings. The van der Waals surface area contributed by atoms with Crippen LogP contribution in [-0.2, 0) is 16.0 Å². The van der Waals surface area contributed by atoms with E-state index in [4.69, 9.17) is 0 Å². The third-order valence-electron chi connectivity index (χ3n) is 5.27. The zero-order valence-corrected chi connectivity index (χ0v) is 17.6. The highest BCUT2D eigenvalue weighted by molar-refractivity contribution is 5.99. The van der Waals surface area contributed by atoms with Crippen molar-refractivity contribution in [3.8, 4) is 0 Å². The van der Waals surface area contributed by atoms with E-state index in [2.05, 4.69) is 10.6 Å². The molecule has 1 atom stereocenters. The summed E-state index contributed by atoms with van der Waals surface area (Å²) in [5.41, 5.74) is 2.11. The van der Waals surface area contributed by atoms with Gasteiger partial charge in [0, 0.05) is 24.3 Å². The first kappa shape index (κ1) is 21.6. The Kier molecular flexibility index (Phi) is 7.22. The summed E-state index contributed by atoms with van der Waals surface area (Å²) in [6, 6.07) is 15.7. The number of nitrogens with one attached hydrogen (secondary N) is 2. The molecular weight excluding hydrogens is 378 g/mol. The molecular formula is C24H29N3O3. The molecule has 0 aliphatic carbocycles. The summed E-state index contributed by atoms with van der Waals surface area (Å²) in [6.07, 6.45) is 2.32. The average Bonchev–Trinajstić information content (AvgIpc) is 3.27.